The number of phosphoric acid groups is 1. The summed E-state index contributed by atoms with van der Waals surface area (Å²) in [6.07, 6.45) is 29.1. The zero-order valence-electron chi connectivity index (χ0n) is 30.5. The average molecular weight is 707 g/mol. The number of unbranched alkanes of at least 4 members (excludes halogenated alkanes) is 20. The van der Waals surface area contributed by atoms with Crippen LogP contribution in [0.5, 0.6) is 0 Å². The lowest BCUT2D eigenvalue weighted by Crippen LogP contribution is -2.29. The van der Waals surface area contributed by atoms with Crippen molar-refractivity contribution >= 4 is 19.8 Å². The van der Waals surface area contributed by atoms with Crippen LogP contribution >= 0.6 is 7.82 Å². The van der Waals surface area contributed by atoms with Crippen molar-refractivity contribution < 1.29 is 47.8 Å². The molecule has 0 saturated heterocycles. The summed E-state index contributed by atoms with van der Waals surface area (Å²) in [5, 5.41) is 18.2. The quantitative estimate of drug-likeness (QED) is 0.0249. The fraction of sp³-hybridized carbons (Fsp3) is 0.892. The summed E-state index contributed by atoms with van der Waals surface area (Å²) in [6.45, 7) is 2.33. The van der Waals surface area contributed by atoms with E-state index in [1.54, 1.807) is 0 Å². The van der Waals surface area contributed by atoms with E-state index < -0.39 is 51.8 Å². The van der Waals surface area contributed by atoms with Crippen LogP contribution < -0.4 is 0 Å². The number of carbonyl (C=O) groups excluding carboxylic acids is 2. The first-order valence-electron chi connectivity index (χ1n) is 19.1. The van der Waals surface area contributed by atoms with Crippen LogP contribution in [0.15, 0.2) is 12.2 Å². The highest BCUT2D eigenvalue weighted by molar-refractivity contribution is 7.47. The predicted octanol–water partition coefficient (Wildman–Crippen LogP) is 9.28. The molecule has 48 heavy (non-hydrogen) atoms. The van der Waals surface area contributed by atoms with E-state index in [0.29, 0.717) is 12.8 Å². The zero-order chi connectivity index (χ0) is 35.6. The Bertz CT molecular complexity index is 822. The van der Waals surface area contributed by atoms with Crippen LogP contribution in [0.3, 0.4) is 0 Å². The second kappa shape index (κ2) is 34.2. The molecule has 0 spiro atoms. The molecule has 0 bridgehead atoms. The van der Waals surface area contributed by atoms with Crippen LogP contribution in [0.1, 0.15) is 174 Å². The van der Waals surface area contributed by atoms with Crippen molar-refractivity contribution in [2.45, 2.75) is 187 Å². The third-order valence-electron chi connectivity index (χ3n) is 8.17. The highest BCUT2D eigenvalue weighted by Crippen LogP contribution is 2.43. The van der Waals surface area contributed by atoms with Gasteiger partial charge in [-0.3, -0.25) is 18.6 Å². The van der Waals surface area contributed by atoms with Gasteiger partial charge >= 0.3 is 19.8 Å². The molecule has 0 fully saturated rings. The summed E-state index contributed by atoms with van der Waals surface area (Å²) in [4.78, 5) is 34.7. The molecule has 0 heterocycles. The molecule has 1 unspecified atom stereocenters. The van der Waals surface area contributed by atoms with Crippen molar-refractivity contribution in [3.05, 3.63) is 12.2 Å². The number of aliphatic hydroxyl groups excluding tert-OH is 2. The summed E-state index contributed by atoms with van der Waals surface area (Å²) in [5.41, 5.74) is 0. The topological polar surface area (TPSA) is 149 Å². The Balaban J connectivity index is 4.26. The number of hydrogen-bond donors (Lipinski definition) is 3. The predicted molar refractivity (Wildman–Crippen MR) is 192 cm³/mol. The van der Waals surface area contributed by atoms with Crippen LogP contribution in [0.4, 0.5) is 0 Å². The van der Waals surface area contributed by atoms with Crippen LogP contribution in [0.2, 0.25) is 0 Å². The molecule has 0 saturated carbocycles. The zero-order valence-corrected chi connectivity index (χ0v) is 31.4. The molecule has 284 valence electrons. The molecular formula is C37H71O10P. The first kappa shape index (κ1) is 46.7. The van der Waals surface area contributed by atoms with Gasteiger partial charge in [0.25, 0.3) is 0 Å². The molecule has 0 aliphatic rings. The standard InChI is InChI=1S/C37H71O10P/c1-3-5-7-9-11-13-14-15-16-17-18-19-20-21-23-24-26-28-36(40)44-32-35(33-46-48(42,43)45-31-34(39)30-38)47-37(41)29-27-25-22-12-10-8-6-4-2/h15-16,34-35,38-39H,3-14,17-33H2,1-2H3,(H,42,43)/b16-15+/t34-,35+/m1/s1. The molecule has 0 aliphatic carbocycles. The molecule has 0 aromatic carbocycles. The lowest BCUT2D eigenvalue weighted by molar-refractivity contribution is -0.161. The normalized spacial score (nSPS) is 14.2. The maximum absolute atomic E-state index is 12.5. The van der Waals surface area contributed by atoms with Gasteiger partial charge in [0.15, 0.2) is 6.10 Å². The van der Waals surface area contributed by atoms with Gasteiger partial charge in [-0.05, 0) is 38.5 Å². The van der Waals surface area contributed by atoms with Crippen LogP contribution in [0.25, 0.3) is 0 Å². The number of hydrogen-bond acceptors (Lipinski definition) is 9. The maximum Gasteiger partial charge on any atom is 0.472 e. The monoisotopic (exact) mass is 706 g/mol. The van der Waals surface area contributed by atoms with E-state index in [1.807, 2.05) is 0 Å². The molecular weight excluding hydrogens is 635 g/mol. The van der Waals surface area contributed by atoms with Crippen molar-refractivity contribution in [2.24, 2.45) is 0 Å². The van der Waals surface area contributed by atoms with Crippen molar-refractivity contribution in [3.63, 3.8) is 0 Å². The highest BCUT2D eigenvalue weighted by Gasteiger charge is 2.27. The second-order valence-corrected chi connectivity index (χ2v) is 14.4. The number of allylic oxidation sites excluding steroid dienone is 2. The van der Waals surface area contributed by atoms with E-state index in [2.05, 4.69) is 30.5 Å². The Hall–Kier alpha value is -1.29. The molecule has 0 aromatic rings. The van der Waals surface area contributed by atoms with Crippen molar-refractivity contribution in [1.29, 1.82) is 0 Å². The first-order valence-corrected chi connectivity index (χ1v) is 20.6. The van der Waals surface area contributed by atoms with E-state index in [1.165, 1.54) is 89.9 Å². The van der Waals surface area contributed by atoms with Gasteiger partial charge in [0.1, 0.15) is 12.7 Å². The van der Waals surface area contributed by atoms with Crippen molar-refractivity contribution in [1.82, 2.24) is 0 Å². The number of aliphatic hydroxyl groups is 2. The lowest BCUT2D eigenvalue weighted by Gasteiger charge is -2.20. The summed E-state index contributed by atoms with van der Waals surface area (Å²) < 4.78 is 32.5. The van der Waals surface area contributed by atoms with E-state index >= 15 is 0 Å². The molecule has 0 amide bonds. The average Bonchev–Trinajstić information content (AvgIpc) is 3.07. The summed E-state index contributed by atoms with van der Waals surface area (Å²) >= 11 is 0. The summed E-state index contributed by atoms with van der Waals surface area (Å²) in [5.74, 6) is -0.930. The number of ether oxygens (including phenoxy) is 2. The Morgan fingerprint density at radius 1 is 0.604 bits per heavy atom. The van der Waals surface area contributed by atoms with Gasteiger partial charge in [-0.15, -0.1) is 0 Å². The lowest BCUT2D eigenvalue weighted by atomic mass is 10.1. The Morgan fingerprint density at radius 2 is 1.02 bits per heavy atom. The summed E-state index contributed by atoms with van der Waals surface area (Å²) in [6, 6.07) is 0. The van der Waals surface area contributed by atoms with Crippen LogP contribution in [-0.4, -0.2) is 65.7 Å². The fourth-order valence-corrected chi connectivity index (χ4v) is 5.95. The maximum atomic E-state index is 12.5. The van der Waals surface area contributed by atoms with Gasteiger partial charge in [0.05, 0.1) is 19.8 Å². The number of rotatable bonds is 36. The minimum absolute atomic E-state index is 0.186. The number of esters is 2. The van der Waals surface area contributed by atoms with E-state index in [4.69, 9.17) is 19.1 Å². The van der Waals surface area contributed by atoms with Gasteiger partial charge in [0.2, 0.25) is 0 Å². The first-order chi connectivity index (χ1) is 23.2. The van der Waals surface area contributed by atoms with Crippen LogP contribution in [-0.2, 0) is 32.7 Å². The van der Waals surface area contributed by atoms with Crippen molar-refractivity contribution in [3.8, 4) is 0 Å². The molecule has 3 atom stereocenters. The molecule has 3 N–H and O–H groups in total. The molecule has 0 aromatic heterocycles. The second-order valence-electron chi connectivity index (χ2n) is 13.0. The van der Waals surface area contributed by atoms with Gasteiger partial charge in [-0.2, -0.15) is 0 Å². The van der Waals surface area contributed by atoms with Crippen LogP contribution in [0, 0.1) is 0 Å². The minimum Gasteiger partial charge on any atom is -0.462 e. The fourth-order valence-electron chi connectivity index (χ4n) is 5.16. The van der Waals surface area contributed by atoms with Crippen molar-refractivity contribution in [2.75, 3.05) is 26.4 Å². The third-order valence-corrected chi connectivity index (χ3v) is 9.12. The molecule has 0 radical (unpaired) electrons. The summed E-state index contributed by atoms with van der Waals surface area (Å²) in [7, 11) is -4.60. The molecule has 10 nitrogen and oxygen atoms in total. The Labute approximate surface area is 292 Å². The van der Waals surface area contributed by atoms with E-state index in [0.717, 1.165) is 44.9 Å². The molecule has 11 heteroatoms. The number of carbonyl (C=O) groups is 2. The largest absolute Gasteiger partial charge is 0.472 e. The molecule has 0 rings (SSSR count). The highest BCUT2D eigenvalue weighted by atomic mass is 31.2. The van der Waals surface area contributed by atoms with E-state index in [-0.39, 0.29) is 19.4 Å². The Kier molecular flexibility index (Phi) is 33.3. The van der Waals surface area contributed by atoms with E-state index in [9.17, 15) is 24.2 Å². The number of phosphoric ester groups is 1. The smallest absolute Gasteiger partial charge is 0.462 e. The van der Waals surface area contributed by atoms with Gasteiger partial charge in [-0.1, -0.05) is 135 Å². The van der Waals surface area contributed by atoms with Gasteiger partial charge in [-0.25, -0.2) is 4.57 Å². The SMILES string of the molecule is CCCCCCCC/C=C/CCCCCCCCCC(=O)OC[C@@H](COP(=O)(O)OC[C@H](O)CO)OC(=O)CCCCCCCCCC. The van der Waals surface area contributed by atoms with Gasteiger partial charge < -0.3 is 24.6 Å². The molecule has 0 aliphatic heterocycles. The third kappa shape index (κ3) is 33.2. The van der Waals surface area contributed by atoms with Gasteiger partial charge in [0, 0.05) is 12.8 Å². The Morgan fingerprint density at radius 3 is 1.50 bits per heavy atom. The minimum atomic E-state index is -4.60.